The van der Waals surface area contributed by atoms with Gasteiger partial charge in [0.25, 0.3) is 0 Å². The molecule has 1 saturated heterocycles. The third-order valence-electron chi connectivity index (χ3n) is 1.78. The number of hydrogen-bond acceptors (Lipinski definition) is 2. The molecule has 1 atom stereocenters. The molecule has 2 aliphatic heterocycles. The number of hydrogen-bond donors (Lipinski definition) is 0. The smallest absolute Gasteiger partial charge is 0.109 e. The minimum absolute atomic E-state index is 0.624. The van der Waals surface area contributed by atoms with Gasteiger partial charge < -0.3 is 4.74 Å². The van der Waals surface area contributed by atoms with Crippen LogP contribution in [0.2, 0.25) is 0 Å². The Bertz CT molecular complexity index is 184. The van der Waals surface area contributed by atoms with Gasteiger partial charge in [0.05, 0.1) is 11.9 Å². The van der Waals surface area contributed by atoms with Crippen molar-refractivity contribution in [2.24, 2.45) is 0 Å². The highest BCUT2D eigenvalue weighted by atomic mass is 32.2. The van der Waals surface area contributed by atoms with Crippen molar-refractivity contribution in [3.63, 3.8) is 0 Å². The van der Waals surface area contributed by atoms with Crippen LogP contribution in [0.4, 0.5) is 0 Å². The monoisotopic (exact) mass is 154 g/mol. The van der Waals surface area contributed by atoms with Gasteiger partial charge in [-0.3, -0.25) is 0 Å². The molecule has 10 heavy (non-hydrogen) atoms. The van der Waals surface area contributed by atoms with Gasteiger partial charge >= 0.3 is 0 Å². The molecule has 0 aromatic rings. The van der Waals surface area contributed by atoms with E-state index in [-0.39, 0.29) is 0 Å². The van der Waals surface area contributed by atoms with Crippen molar-refractivity contribution in [3.05, 3.63) is 23.3 Å². The largest absolute Gasteiger partial charge is 0.497 e. The molecule has 0 N–H and O–H groups in total. The van der Waals surface area contributed by atoms with E-state index in [1.54, 1.807) is 0 Å². The first-order chi connectivity index (χ1) is 4.97. The van der Waals surface area contributed by atoms with Crippen LogP contribution in [0.15, 0.2) is 23.3 Å². The molecule has 0 bridgehead atoms. The molecule has 2 rings (SSSR count). The predicted octanol–water partition coefficient (Wildman–Crippen LogP) is 2.31. The molecular formula is C8H10OS. The molecule has 0 aromatic heterocycles. The third kappa shape index (κ3) is 1.08. The van der Waals surface area contributed by atoms with Gasteiger partial charge in [-0.1, -0.05) is 6.08 Å². The number of allylic oxidation sites excluding steroid dienone is 2. The van der Waals surface area contributed by atoms with Gasteiger partial charge in [0, 0.05) is 0 Å². The van der Waals surface area contributed by atoms with Crippen LogP contribution < -0.4 is 0 Å². The first-order valence-electron chi connectivity index (χ1n) is 3.62. The molecule has 0 saturated carbocycles. The van der Waals surface area contributed by atoms with Gasteiger partial charge in [0.2, 0.25) is 0 Å². The van der Waals surface area contributed by atoms with Gasteiger partial charge in [-0.25, -0.2) is 0 Å². The van der Waals surface area contributed by atoms with Gasteiger partial charge in [-0.05, 0) is 24.3 Å². The Kier molecular flexibility index (Phi) is 1.72. The minimum Gasteiger partial charge on any atom is -0.497 e. The lowest BCUT2D eigenvalue weighted by Crippen LogP contribution is -2.17. The van der Waals surface area contributed by atoms with E-state index < -0.39 is 0 Å². The fraction of sp³-hybridized carbons (Fsp3) is 0.500. The van der Waals surface area contributed by atoms with E-state index >= 15 is 0 Å². The second-order valence-corrected chi connectivity index (χ2v) is 3.63. The van der Waals surface area contributed by atoms with E-state index in [2.05, 4.69) is 17.6 Å². The quantitative estimate of drug-likeness (QED) is 0.529. The van der Waals surface area contributed by atoms with Crippen molar-refractivity contribution in [1.29, 1.82) is 0 Å². The Morgan fingerprint density at radius 3 is 3.50 bits per heavy atom. The highest BCUT2D eigenvalue weighted by Gasteiger charge is 2.20. The van der Waals surface area contributed by atoms with Gasteiger partial charge in [-0.15, -0.1) is 11.8 Å². The summed E-state index contributed by atoms with van der Waals surface area (Å²) >= 11 is 1.87. The van der Waals surface area contributed by atoms with Crippen LogP contribution in [-0.4, -0.2) is 11.9 Å². The van der Waals surface area contributed by atoms with Crippen LogP contribution in [0.5, 0.6) is 0 Å². The summed E-state index contributed by atoms with van der Waals surface area (Å²) in [7, 11) is 0. The summed E-state index contributed by atoms with van der Waals surface area (Å²) in [5.74, 6) is 1.18. The van der Waals surface area contributed by atoms with Crippen molar-refractivity contribution in [2.75, 3.05) is 6.61 Å². The average molecular weight is 154 g/mol. The Balaban J connectivity index is 2.14. The van der Waals surface area contributed by atoms with Crippen molar-refractivity contribution in [2.45, 2.75) is 18.1 Å². The Morgan fingerprint density at radius 2 is 2.60 bits per heavy atom. The van der Waals surface area contributed by atoms with Crippen LogP contribution >= 0.6 is 11.8 Å². The highest BCUT2D eigenvalue weighted by molar-refractivity contribution is 8.02. The average Bonchev–Trinajstić information content (AvgIpc) is 2.05. The highest BCUT2D eigenvalue weighted by Crippen LogP contribution is 2.32. The standard InChI is InChI=1S/C8H10OS/c1-4-8-7(9-5-1)3-2-6-10-8/h2-3,6,8H,1,4-5H2. The second kappa shape index (κ2) is 2.70. The summed E-state index contributed by atoms with van der Waals surface area (Å²) in [5.41, 5.74) is 0. The molecule has 0 aromatic carbocycles. The van der Waals surface area contributed by atoms with E-state index in [1.165, 1.54) is 18.6 Å². The first-order valence-corrected chi connectivity index (χ1v) is 4.56. The maximum absolute atomic E-state index is 5.47. The minimum atomic E-state index is 0.624. The molecule has 1 unspecified atom stereocenters. The summed E-state index contributed by atoms with van der Waals surface area (Å²) in [5, 5.41) is 2.77. The summed E-state index contributed by atoms with van der Waals surface area (Å²) < 4.78 is 5.47. The zero-order valence-corrected chi connectivity index (χ0v) is 6.56. The number of rotatable bonds is 0. The molecular weight excluding hydrogens is 144 g/mol. The van der Waals surface area contributed by atoms with Crippen LogP contribution in [0, 0.1) is 0 Å². The lowest BCUT2D eigenvalue weighted by molar-refractivity contribution is 0.170. The van der Waals surface area contributed by atoms with E-state index in [0.29, 0.717) is 5.25 Å². The number of fused-ring (bicyclic) bond motifs is 1. The van der Waals surface area contributed by atoms with Crippen LogP contribution in [0.3, 0.4) is 0 Å². The van der Waals surface area contributed by atoms with Crippen molar-refractivity contribution >= 4 is 11.8 Å². The summed E-state index contributed by atoms with van der Waals surface area (Å²) in [6.07, 6.45) is 6.63. The van der Waals surface area contributed by atoms with E-state index in [0.717, 1.165) is 6.61 Å². The molecule has 0 aliphatic carbocycles. The molecule has 2 aliphatic rings. The number of thioether (sulfide) groups is 1. The van der Waals surface area contributed by atoms with Crippen LogP contribution in [0.1, 0.15) is 12.8 Å². The van der Waals surface area contributed by atoms with Gasteiger partial charge in [0.15, 0.2) is 0 Å². The van der Waals surface area contributed by atoms with Gasteiger partial charge in [-0.2, -0.15) is 0 Å². The fourth-order valence-electron chi connectivity index (χ4n) is 1.26. The third-order valence-corrected chi connectivity index (χ3v) is 2.89. The first kappa shape index (κ1) is 6.35. The Morgan fingerprint density at radius 1 is 1.60 bits per heavy atom. The molecule has 0 spiro atoms. The summed E-state index contributed by atoms with van der Waals surface area (Å²) in [4.78, 5) is 0. The topological polar surface area (TPSA) is 9.23 Å². The van der Waals surface area contributed by atoms with Crippen molar-refractivity contribution < 1.29 is 4.74 Å². The normalized spacial score (nSPS) is 30.4. The Hall–Kier alpha value is -0.370. The predicted molar refractivity (Wildman–Crippen MR) is 43.8 cm³/mol. The van der Waals surface area contributed by atoms with Gasteiger partial charge in [0.1, 0.15) is 5.76 Å². The van der Waals surface area contributed by atoms with Crippen molar-refractivity contribution in [3.8, 4) is 0 Å². The molecule has 1 nitrogen and oxygen atoms in total. The molecule has 2 heterocycles. The molecule has 2 heteroatoms. The van der Waals surface area contributed by atoms with E-state index in [9.17, 15) is 0 Å². The second-order valence-electron chi connectivity index (χ2n) is 2.51. The zero-order chi connectivity index (χ0) is 6.81. The maximum Gasteiger partial charge on any atom is 0.109 e. The molecule has 0 radical (unpaired) electrons. The van der Waals surface area contributed by atoms with E-state index in [4.69, 9.17) is 4.74 Å². The van der Waals surface area contributed by atoms with Crippen LogP contribution in [0.25, 0.3) is 0 Å². The molecule has 54 valence electrons. The maximum atomic E-state index is 5.47. The fourth-order valence-corrected chi connectivity index (χ4v) is 2.20. The summed E-state index contributed by atoms with van der Waals surface area (Å²) in [6, 6.07) is 0. The van der Waals surface area contributed by atoms with E-state index in [1.807, 2.05) is 11.8 Å². The Labute approximate surface area is 65.1 Å². The van der Waals surface area contributed by atoms with Crippen molar-refractivity contribution in [1.82, 2.24) is 0 Å². The zero-order valence-electron chi connectivity index (χ0n) is 5.75. The molecule has 0 amide bonds. The SMILES string of the molecule is C1=CSC2CCCOC2=C1. The molecule has 1 fully saturated rings. The lowest BCUT2D eigenvalue weighted by Gasteiger charge is -2.25. The lowest BCUT2D eigenvalue weighted by atomic mass is 10.1. The number of ether oxygens (including phenoxy) is 1. The summed E-state index contributed by atoms with van der Waals surface area (Å²) in [6.45, 7) is 0.913. The van der Waals surface area contributed by atoms with Crippen LogP contribution in [-0.2, 0) is 4.74 Å².